The van der Waals surface area contributed by atoms with E-state index in [-0.39, 0.29) is 12.5 Å². The molecule has 9 nitrogen and oxygen atoms in total. The average molecular weight is 452 g/mol. The lowest BCUT2D eigenvalue weighted by molar-refractivity contribution is 0.0949. The van der Waals surface area contributed by atoms with Gasteiger partial charge in [0, 0.05) is 11.6 Å². The Morgan fingerprint density at radius 1 is 1.09 bits per heavy atom. The Hall–Kier alpha value is -3.79. The molecule has 0 radical (unpaired) electrons. The Morgan fingerprint density at radius 2 is 1.88 bits per heavy atom. The van der Waals surface area contributed by atoms with Gasteiger partial charge in [0.2, 0.25) is 5.16 Å². The van der Waals surface area contributed by atoms with Gasteiger partial charge < -0.3 is 19.3 Å². The number of benzene rings is 2. The maximum atomic E-state index is 12.6. The Bertz CT molecular complexity index is 1220. The van der Waals surface area contributed by atoms with E-state index in [1.165, 1.54) is 11.8 Å². The van der Waals surface area contributed by atoms with Gasteiger partial charge in [-0.3, -0.25) is 9.36 Å². The molecular weight excluding hydrogens is 430 g/mol. The van der Waals surface area contributed by atoms with Gasteiger partial charge in [-0.2, -0.15) is 0 Å². The highest BCUT2D eigenvalue weighted by molar-refractivity contribution is 7.99. The number of nitrogens with zero attached hydrogens (tertiary/aromatic N) is 4. The second-order valence-electron chi connectivity index (χ2n) is 6.70. The molecule has 0 saturated carbocycles. The third-order valence-corrected chi connectivity index (χ3v) is 5.44. The van der Waals surface area contributed by atoms with E-state index < -0.39 is 0 Å². The number of aryl methyl sites for hydroxylation is 1. The van der Waals surface area contributed by atoms with Crippen molar-refractivity contribution in [3.05, 3.63) is 71.7 Å². The highest BCUT2D eigenvalue weighted by Crippen LogP contribution is 2.32. The quantitative estimate of drug-likeness (QED) is 0.433. The van der Waals surface area contributed by atoms with Crippen LogP contribution >= 0.6 is 11.8 Å². The van der Waals surface area contributed by atoms with Crippen LogP contribution in [-0.2, 0) is 6.54 Å². The van der Waals surface area contributed by atoms with E-state index in [1.54, 1.807) is 38.5 Å². The molecule has 2 aromatic heterocycles. The maximum Gasteiger partial charge on any atom is 0.251 e. The van der Waals surface area contributed by atoms with E-state index in [9.17, 15) is 4.79 Å². The minimum Gasteiger partial charge on any atom is -0.497 e. The number of rotatable bonds is 8. The van der Waals surface area contributed by atoms with Crippen molar-refractivity contribution in [2.75, 3.05) is 14.2 Å². The zero-order valence-corrected chi connectivity index (χ0v) is 18.5. The monoisotopic (exact) mass is 451 g/mol. The minimum atomic E-state index is -0.233. The van der Waals surface area contributed by atoms with Gasteiger partial charge in [0.15, 0.2) is 5.82 Å². The molecule has 10 heteroatoms. The fourth-order valence-corrected chi connectivity index (χ4v) is 3.89. The lowest BCUT2D eigenvalue weighted by atomic mass is 10.2. The van der Waals surface area contributed by atoms with E-state index in [0.29, 0.717) is 38.8 Å². The Balaban J connectivity index is 1.63. The number of hydrogen-bond donors (Lipinski definition) is 1. The number of aromatic nitrogens is 4. The van der Waals surface area contributed by atoms with Crippen LogP contribution in [0.4, 0.5) is 0 Å². The molecule has 4 aromatic rings. The molecule has 0 spiro atoms. The largest absolute Gasteiger partial charge is 0.497 e. The van der Waals surface area contributed by atoms with Crippen LogP contribution in [0.5, 0.6) is 11.5 Å². The Labute approximate surface area is 188 Å². The Morgan fingerprint density at radius 3 is 2.56 bits per heavy atom. The molecule has 0 aliphatic carbocycles. The van der Waals surface area contributed by atoms with Gasteiger partial charge in [-0.25, -0.2) is 0 Å². The summed E-state index contributed by atoms with van der Waals surface area (Å²) in [5, 5.41) is 16.8. The van der Waals surface area contributed by atoms with Gasteiger partial charge in [-0.1, -0.05) is 17.3 Å². The summed E-state index contributed by atoms with van der Waals surface area (Å²) in [6.45, 7) is 1.98. The molecule has 1 N–H and O–H groups in total. The second-order valence-corrected chi connectivity index (χ2v) is 7.68. The van der Waals surface area contributed by atoms with Crippen LogP contribution in [-0.4, -0.2) is 40.0 Å². The van der Waals surface area contributed by atoms with Crippen LogP contribution in [0.25, 0.3) is 5.69 Å². The standard InChI is InChI=1S/C22H21N5O4S/c1-14-12-20(26-31-14)32-22-25-24-19(27(22)17-6-4-5-7-18(17)30-3)13-23-21(28)15-8-10-16(29-2)11-9-15/h4-12H,13H2,1-3H3,(H,23,28). The summed E-state index contributed by atoms with van der Waals surface area (Å²) in [7, 11) is 3.18. The number of carbonyl (C=O) groups excluding carboxylic acids is 1. The van der Waals surface area contributed by atoms with E-state index in [0.717, 1.165) is 5.69 Å². The molecule has 0 aliphatic heterocycles. The number of methoxy groups -OCH3 is 2. The van der Waals surface area contributed by atoms with Crippen molar-refractivity contribution >= 4 is 17.7 Å². The predicted molar refractivity (Wildman–Crippen MR) is 117 cm³/mol. The summed E-state index contributed by atoms with van der Waals surface area (Å²) in [5.74, 6) is 2.33. The van der Waals surface area contributed by atoms with Gasteiger partial charge in [-0.05, 0) is 55.1 Å². The molecule has 0 saturated heterocycles. The SMILES string of the molecule is COc1ccc(C(=O)NCc2nnc(Sc3cc(C)on3)n2-c2ccccc2OC)cc1. The first kappa shape index (κ1) is 21.4. The first-order valence-electron chi connectivity index (χ1n) is 9.70. The molecule has 0 aliphatic rings. The van der Waals surface area contributed by atoms with Crippen molar-refractivity contribution < 1.29 is 18.8 Å². The first-order chi connectivity index (χ1) is 15.6. The number of hydrogen-bond acceptors (Lipinski definition) is 8. The molecule has 0 atom stereocenters. The van der Waals surface area contributed by atoms with Crippen LogP contribution < -0.4 is 14.8 Å². The molecule has 0 bridgehead atoms. The predicted octanol–water partition coefficient (Wildman–Crippen LogP) is 3.66. The van der Waals surface area contributed by atoms with E-state index >= 15 is 0 Å². The average Bonchev–Trinajstić information content (AvgIpc) is 3.43. The second kappa shape index (κ2) is 9.56. The highest BCUT2D eigenvalue weighted by atomic mass is 32.2. The number of ether oxygens (including phenoxy) is 2. The van der Waals surface area contributed by atoms with Crippen LogP contribution in [0.15, 0.2) is 69.3 Å². The molecule has 1 amide bonds. The molecule has 164 valence electrons. The first-order valence-corrected chi connectivity index (χ1v) is 10.5. The van der Waals surface area contributed by atoms with Crippen LogP contribution in [0, 0.1) is 6.92 Å². The highest BCUT2D eigenvalue weighted by Gasteiger charge is 2.20. The normalized spacial score (nSPS) is 10.7. The van der Waals surface area contributed by atoms with Crippen molar-refractivity contribution in [1.29, 1.82) is 0 Å². The fourth-order valence-electron chi connectivity index (χ4n) is 3.03. The van der Waals surface area contributed by atoms with Crippen molar-refractivity contribution in [2.45, 2.75) is 23.7 Å². The number of carbonyl (C=O) groups is 1. The smallest absolute Gasteiger partial charge is 0.251 e. The molecule has 0 unspecified atom stereocenters. The third-order valence-electron chi connectivity index (χ3n) is 4.59. The zero-order valence-electron chi connectivity index (χ0n) is 17.7. The topological polar surface area (TPSA) is 104 Å². The van der Waals surface area contributed by atoms with Crippen molar-refractivity contribution in [3.63, 3.8) is 0 Å². The van der Waals surface area contributed by atoms with Gasteiger partial charge in [0.25, 0.3) is 5.91 Å². The fraction of sp³-hybridized carbons (Fsp3) is 0.182. The van der Waals surface area contributed by atoms with Gasteiger partial charge in [-0.15, -0.1) is 10.2 Å². The molecule has 32 heavy (non-hydrogen) atoms. The Kier molecular flexibility index (Phi) is 6.41. The van der Waals surface area contributed by atoms with E-state index in [4.69, 9.17) is 14.0 Å². The van der Waals surface area contributed by atoms with Gasteiger partial charge in [0.1, 0.15) is 22.3 Å². The van der Waals surface area contributed by atoms with Gasteiger partial charge in [0.05, 0.1) is 26.5 Å². The molecule has 2 aromatic carbocycles. The number of nitrogens with one attached hydrogen (secondary N) is 1. The summed E-state index contributed by atoms with van der Waals surface area (Å²) >= 11 is 1.31. The lowest BCUT2D eigenvalue weighted by Gasteiger charge is -2.13. The lowest BCUT2D eigenvalue weighted by Crippen LogP contribution is -2.24. The third kappa shape index (κ3) is 4.59. The van der Waals surface area contributed by atoms with Crippen LogP contribution in [0.2, 0.25) is 0 Å². The molecule has 4 rings (SSSR count). The summed E-state index contributed by atoms with van der Waals surface area (Å²) < 4.78 is 17.7. The molecule has 2 heterocycles. The summed E-state index contributed by atoms with van der Waals surface area (Å²) in [5.41, 5.74) is 1.26. The number of amides is 1. The molecule has 0 fully saturated rings. The van der Waals surface area contributed by atoms with Crippen LogP contribution in [0.1, 0.15) is 21.9 Å². The summed E-state index contributed by atoms with van der Waals surface area (Å²) in [6, 6.07) is 16.2. The van der Waals surface area contributed by atoms with Gasteiger partial charge >= 0.3 is 0 Å². The minimum absolute atomic E-state index is 0.161. The van der Waals surface area contributed by atoms with Crippen molar-refractivity contribution in [2.24, 2.45) is 0 Å². The van der Waals surface area contributed by atoms with E-state index in [2.05, 4.69) is 20.7 Å². The van der Waals surface area contributed by atoms with E-state index in [1.807, 2.05) is 41.8 Å². The van der Waals surface area contributed by atoms with Crippen LogP contribution in [0.3, 0.4) is 0 Å². The molecular formula is C22H21N5O4S. The van der Waals surface area contributed by atoms with Crippen molar-refractivity contribution in [1.82, 2.24) is 25.2 Å². The van der Waals surface area contributed by atoms with Crippen molar-refractivity contribution in [3.8, 4) is 17.2 Å². The maximum absolute atomic E-state index is 12.6. The number of para-hydroxylation sites is 2. The summed E-state index contributed by atoms with van der Waals surface area (Å²) in [6.07, 6.45) is 0. The zero-order chi connectivity index (χ0) is 22.5. The summed E-state index contributed by atoms with van der Waals surface area (Å²) in [4.78, 5) is 12.6.